The molecule has 0 atom stereocenters. The Hall–Kier alpha value is -2.97. The maximum absolute atomic E-state index is 14.7. The van der Waals surface area contributed by atoms with Gasteiger partial charge in [0.2, 0.25) is 16.0 Å². The predicted octanol–water partition coefficient (Wildman–Crippen LogP) is 3.83. The summed E-state index contributed by atoms with van der Waals surface area (Å²) in [6, 6.07) is 3.54. The van der Waals surface area contributed by atoms with Gasteiger partial charge in [0.15, 0.2) is 0 Å². The lowest BCUT2D eigenvalue weighted by molar-refractivity contribution is -0.125. The van der Waals surface area contributed by atoms with Crippen molar-refractivity contribution in [2.75, 3.05) is 25.1 Å². The number of carbonyl (C=O) groups is 1. The molecule has 3 fully saturated rings. The summed E-state index contributed by atoms with van der Waals surface area (Å²) in [5.74, 6) is -3.04. The van der Waals surface area contributed by atoms with Crippen molar-refractivity contribution in [2.45, 2.75) is 67.3 Å². The van der Waals surface area contributed by atoms with Gasteiger partial charge in [0.25, 0.3) is 5.92 Å². The number of hydrogen-bond acceptors (Lipinski definition) is 8. The van der Waals surface area contributed by atoms with Crippen LogP contribution in [0.25, 0.3) is 0 Å². The van der Waals surface area contributed by atoms with Crippen molar-refractivity contribution >= 4 is 27.8 Å². The number of nitrogens with zero attached hydrogens (tertiary/aromatic N) is 2. The molecule has 3 N–H and O–H groups in total. The Morgan fingerprint density at radius 1 is 1.13 bits per heavy atom. The Labute approximate surface area is 224 Å². The zero-order valence-corrected chi connectivity index (χ0v) is 22.3. The molecule has 0 bridgehead atoms. The molecule has 1 saturated heterocycles. The summed E-state index contributed by atoms with van der Waals surface area (Å²) in [6.07, 6.45) is 3.29. The van der Waals surface area contributed by atoms with Crippen LogP contribution in [0.1, 0.15) is 51.0 Å². The van der Waals surface area contributed by atoms with Crippen molar-refractivity contribution in [1.29, 1.82) is 0 Å². The molecule has 2 aliphatic carbocycles. The van der Waals surface area contributed by atoms with Crippen LogP contribution >= 0.6 is 0 Å². The van der Waals surface area contributed by atoms with Gasteiger partial charge >= 0.3 is 6.09 Å². The molecular weight excluding hydrogens is 539 g/mol. The summed E-state index contributed by atoms with van der Waals surface area (Å²) in [4.78, 5) is 20.2. The number of rotatable bonds is 9. The molecule has 1 amide bonds. The first kappa shape index (κ1) is 27.6. The van der Waals surface area contributed by atoms with Crippen molar-refractivity contribution < 1.29 is 35.9 Å². The van der Waals surface area contributed by atoms with Crippen molar-refractivity contribution in [3.05, 3.63) is 42.0 Å². The first-order valence-electron chi connectivity index (χ1n) is 12.6. The summed E-state index contributed by atoms with van der Waals surface area (Å²) in [6.45, 7) is 3.98. The highest BCUT2D eigenvalue weighted by Gasteiger charge is 2.54. The second-order valence-corrected chi connectivity index (χ2v) is 13.0. The minimum Gasteiger partial charge on any atom is -0.449 e. The highest BCUT2D eigenvalue weighted by Crippen LogP contribution is 2.45. The highest BCUT2D eigenvalue weighted by molar-refractivity contribution is 7.89. The van der Waals surface area contributed by atoms with Gasteiger partial charge in [-0.25, -0.2) is 41.1 Å². The molecule has 2 saturated carbocycles. The fraction of sp³-hybridized carbons (Fsp3) is 0.560. The number of carbonyl (C=O) groups excluding carboxylic acids is 1. The van der Waals surface area contributed by atoms with E-state index in [0.717, 1.165) is 24.5 Å². The number of halogens is 3. The van der Waals surface area contributed by atoms with E-state index in [1.807, 2.05) is 0 Å². The molecule has 10 nitrogen and oxygen atoms in total. The van der Waals surface area contributed by atoms with Crippen molar-refractivity contribution in [2.24, 2.45) is 5.92 Å². The molecule has 2 heterocycles. The monoisotopic (exact) mass is 569 g/mol. The lowest BCUT2D eigenvalue weighted by Gasteiger charge is -2.44. The van der Waals surface area contributed by atoms with E-state index in [1.165, 1.54) is 12.1 Å². The molecule has 39 heavy (non-hydrogen) atoms. The second-order valence-electron chi connectivity index (χ2n) is 11.3. The molecule has 3 aliphatic rings. The van der Waals surface area contributed by atoms with Gasteiger partial charge in [-0.1, -0.05) is 0 Å². The molecule has 14 heteroatoms. The summed E-state index contributed by atoms with van der Waals surface area (Å²) >= 11 is 0. The number of hydrogen-bond donors (Lipinski definition) is 3. The molecule has 1 aromatic carbocycles. The number of alkyl carbamates (subject to hydrolysis) is 1. The lowest BCUT2D eigenvalue weighted by atomic mass is 9.72. The number of ether oxygens (including phenoxy) is 2. The van der Waals surface area contributed by atoms with Gasteiger partial charge in [0.1, 0.15) is 5.82 Å². The van der Waals surface area contributed by atoms with Crippen LogP contribution in [-0.2, 0) is 19.5 Å². The van der Waals surface area contributed by atoms with Gasteiger partial charge in [0.05, 0.1) is 41.5 Å². The average Bonchev–Trinajstić information content (AvgIpc) is 2.77. The molecule has 0 radical (unpaired) electrons. The zero-order chi connectivity index (χ0) is 28.1. The van der Waals surface area contributed by atoms with Gasteiger partial charge in [-0.3, -0.25) is 0 Å². The smallest absolute Gasteiger partial charge is 0.407 e. The number of anilines is 2. The Bertz CT molecular complexity index is 1340. The van der Waals surface area contributed by atoms with E-state index >= 15 is 0 Å². The van der Waals surface area contributed by atoms with E-state index < -0.39 is 51.8 Å². The van der Waals surface area contributed by atoms with Crippen LogP contribution in [0.2, 0.25) is 0 Å². The number of alkyl halides is 2. The third kappa shape index (κ3) is 6.28. The third-order valence-electron chi connectivity index (χ3n) is 7.25. The van der Waals surface area contributed by atoms with Crippen molar-refractivity contribution in [3.8, 4) is 0 Å². The summed E-state index contributed by atoms with van der Waals surface area (Å²) in [7, 11) is -3.91. The Kier molecular flexibility index (Phi) is 7.00. The molecule has 212 valence electrons. The van der Waals surface area contributed by atoms with Gasteiger partial charge in [-0.15, -0.1) is 0 Å². The fourth-order valence-electron chi connectivity index (χ4n) is 5.15. The van der Waals surface area contributed by atoms with E-state index in [1.54, 1.807) is 26.2 Å². The van der Waals surface area contributed by atoms with E-state index in [-0.39, 0.29) is 48.2 Å². The number of benzene rings is 1. The maximum Gasteiger partial charge on any atom is 0.407 e. The normalized spacial score (nSPS) is 24.4. The van der Waals surface area contributed by atoms with Crippen LogP contribution in [0.15, 0.2) is 35.5 Å². The minimum absolute atomic E-state index is 0.0264. The second kappa shape index (κ2) is 9.89. The maximum atomic E-state index is 14.7. The first-order valence-corrected chi connectivity index (χ1v) is 14.0. The van der Waals surface area contributed by atoms with Crippen LogP contribution in [0.4, 0.5) is 29.6 Å². The third-order valence-corrected chi connectivity index (χ3v) is 8.89. The number of nitrogens with one attached hydrogen (secondary N) is 3. The van der Waals surface area contributed by atoms with Crippen molar-refractivity contribution in [3.63, 3.8) is 0 Å². The lowest BCUT2D eigenvalue weighted by Crippen LogP contribution is -2.60. The zero-order valence-electron chi connectivity index (χ0n) is 21.5. The van der Waals surface area contributed by atoms with Gasteiger partial charge in [0, 0.05) is 25.2 Å². The number of aromatic nitrogens is 2. The Balaban J connectivity index is 1.08. The van der Waals surface area contributed by atoms with E-state index in [9.17, 15) is 26.4 Å². The van der Waals surface area contributed by atoms with E-state index in [4.69, 9.17) is 9.47 Å². The van der Waals surface area contributed by atoms with Crippen LogP contribution < -0.4 is 15.4 Å². The van der Waals surface area contributed by atoms with Crippen LogP contribution in [-0.4, -0.2) is 61.3 Å². The summed E-state index contributed by atoms with van der Waals surface area (Å²) in [5.41, 5.74) is -0.731. The molecule has 2 aromatic rings. The largest absolute Gasteiger partial charge is 0.449 e. The first-order chi connectivity index (χ1) is 18.2. The molecule has 0 unspecified atom stereocenters. The average molecular weight is 570 g/mol. The fourth-order valence-corrected chi connectivity index (χ4v) is 6.54. The minimum atomic E-state index is -3.91. The molecule has 1 aliphatic heterocycles. The molecule has 1 aromatic heterocycles. The van der Waals surface area contributed by atoms with Crippen molar-refractivity contribution in [1.82, 2.24) is 20.0 Å². The quantitative estimate of drug-likeness (QED) is 0.415. The topological polar surface area (TPSA) is 132 Å². The number of amides is 1. The van der Waals surface area contributed by atoms with Crippen LogP contribution in [0.5, 0.6) is 0 Å². The highest BCUT2D eigenvalue weighted by atomic mass is 32.2. The SMILES string of the molecule is CC1(NC(=O)OCC2CC(c3cnc(Nc4ccc(S(=O)(=O)NC5(C)COC5)cc4F)nc3)C2)CC(F)(F)C1. The number of sulfonamides is 1. The van der Waals surface area contributed by atoms with Gasteiger partial charge in [-0.2, -0.15) is 0 Å². The molecule has 0 spiro atoms. The Morgan fingerprint density at radius 3 is 2.36 bits per heavy atom. The summed E-state index contributed by atoms with van der Waals surface area (Å²) in [5, 5.41) is 5.27. The predicted molar refractivity (Wildman–Crippen MR) is 134 cm³/mol. The van der Waals surface area contributed by atoms with Crippen LogP contribution in [0.3, 0.4) is 0 Å². The summed E-state index contributed by atoms with van der Waals surface area (Å²) < 4.78 is 78.7. The van der Waals surface area contributed by atoms with E-state index in [2.05, 4.69) is 25.3 Å². The molecule has 5 rings (SSSR count). The Morgan fingerprint density at radius 2 is 1.79 bits per heavy atom. The molecular formula is C25H30F3N5O5S. The van der Waals surface area contributed by atoms with Gasteiger partial charge < -0.3 is 20.1 Å². The van der Waals surface area contributed by atoms with Crippen LogP contribution in [0, 0.1) is 11.7 Å². The van der Waals surface area contributed by atoms with E-state index in [0.29, 0.717) is 0 Å². The standard InChI is InChI=1S/C25H30F3N5O5S/c1-23(11-25(27,28)12-23)32-22(34)38-10-15-5-16(6-15)17-8-29-21(30-9-17)31-20-4-3-18(7-19(20)26)39(35,36)33-24(2)13-37-14-24/h3-4,7-9,15-16,33H,5-6,10-14H2,1-2H3,(H,32,34)(H,29,30,31). The van der Waals surface area contributed by atoms with Gasteiger partial charge in [-0.05, 0) is 62.3 Å².